The molecular formula is C14H16N4O2S2. The van der Waals surface area contributed by atoms with E-state index in [1.165, 1.54) is 18.9 Å². The number of nitrogens with zero attached hydrogens (tertiary/aromatic N) is 4. The summed E-state index contributed by atoms with van der Waals surface area (Å²) in [6, 6.07) is 6.77. The second kappa shape index (κ2) is 6.62. The monoisotopic (exact) mass is 336 g/mol. The molecule has 8 heteroatoms. The lowest BCUT2D eigenvalue weighted by atomic mass is 10.1. The molecular weight excluding hydrogens is 320 g/mol. The summed E-state index contributed by atoms with van der Waals surface area (Å²) >= 11 is 3.19. The van der Waals surface area contributed by atoms with Crippen LogP contribution in [0.1, 0.15) is 30.6 Å². The van der Waals surface area contributed by atoms with E-state index in [0.29, 0.717) is 0 Å². The van der Waals surface area contributed by atoms with Gasteiger partial charge in [0.25, 0.3) is 5.69 Å². The van der Waals surface area contributed by atoms with Gasteiger partial charge in [0.05, 0.1) is 4.92 Å². The minimum absolute atomic E-state index is 0.0966. The number of benzene rings is 1. The van der Waals surface area contributed by atoms with Gasteiger partial charge in [0.15, 0.2) is 4.34 Å². The second-order valence-corrected chi connectivity index (χ2v) is 7.70. The summed E-state index contributed by atoms with van der Waals surface area (Å²) in [5.74, 6) is 0. The number of hydrogen-bond donors (Lipinski definition) is 0. The first kappa shape index (κ1) is 15.2. The van der Waals surface area contributed by atoms with Crippen molar-refractivity contribution in [2.24, 2.45) is 0 Å². The standard InChI is InChI=1S/C14H16N4O2S2/c1-10(11-5-4-6-12(9-11)18(19)20)21-14-16-15-13(22-14)17-7-2-3-8-17/h4-6,9-10H,2-3,7-8H2,1H3/t10-/m0/s1. The summed E-state index contributed by atoms with van der Waals surface area (Å²) in [5.41, 5.74) is 1.05. The van der Waals surface area contributed by atoms with Crippen molar-refractivity contribution in [3.8, 4) is 0 Å². The number of anilines is 1. The molecule has 2 heterocycles. The van der Waals surface area contributed by atoms with E-state index in [-0.39, 0.29) is 15.9 Å². The van der Waals surface area contributed by atoms with Crippen LogP contribution in [0.2, 0.25) is 0 Å². The molecule has 2 aromatic rings. The largest absolute Gasteiger partial charge is 0.347 e. The molecule has 1 aromatic carbocycles. The highest BCUT2D eigenvalue weighted by Gasteiger charge is 2.19. The summed E-state index contributed by atoms with van der Waals surface area (Å²) in [5, 5.41) is 20.4. The van der Waals surface area contributed by atoms with Gasteiger partial charge in [-0.2, -0.15) is 0 Å². The molecule has 0 radical (unpaired) electrons. The Balaban J connectivity index is 1.70. The van der Waals surface area contributed by atoms with Crippen LogP contribution in [0, 0.1) is 10.1 Å². The van der Waals surface area contributed by atoms with Gasteiger partial charge in [0.1, 0.15) is 0 Å². The van der Waals surface area contributed by atoms with E-state index in [0.717, 1.165) is 28.1 Å². The summed E-state index contributed by atoms with van der Waals surface area (Å²) < 4.78 is 0.904. The normalized spacial score (nSPS) is 16.0. The Bertz CT molecular complexity index is 670. The highest BCUT2D eigenvalue weighted by atomic mass is 32.2. The van der Waals surface area contributed by atoms with Crippen LogP contribution in [0.4, 0.5) is 10.8 Å². The van der Waals surface area contributed by atoms with Gasteiger partial charge < -0.3 is 4.90 Å². The maximum atomic E-state index is 10.9. The zero-order chi connectivity index (χ0) is 15.5. The quantitative estimate of drug-likeness (QED) is 0.468. The highest BCUT2D eigenvalue weighted by molar-refractivity contribution is 8.01. The van der Waals surface area contributed by atoms with Crippen LogP contribution in [0.15, 0.2) is 28.6 Å². The lowest BCUT2D eigenvalue weighted by Crippen LogP contribution is -2.17. The van der Waals surface area contributed by atoms with E-state index in [9.17, 15) is 10.1 Å². The van der Waals surface area contributed by atoms with Crippen LogP contribution in [-0.2, 0) is 0 Å². The predicted octanol–water partition coefficient (Wildman–Crippen LogP) is 3.90. The lowest BCUT2D eigenvalue weighted by Gasteiger charge is -2.11. The van der Waals surface area contributed by atoms with Crippen LogP contribution >= 0.6 is 23.1 Å². The molecule has 1 aliphatic heterocycles. The number of rotatable bonds is 5. The molecule has 0 saturated carbocycles. The summed E-state index contributed by atoms with van der Waals surface area (Å²) in [6.45, 7) is 4.14. The van der Waals surface area contributed by atoms with Crippen molar-refractivity contribution in [3.63, 3.8) is 0 Å². The third kappa shape index (κ3) is 3.38. The fraction of sp³-hybridized carbons (Fsp3) is 0.429. The first-order chi connectivity index (χ1) is 10.6. The molecule has 0 N–H and O–H groups in total. The third-order valence-electron chi connectivity index (χ3n) is 3.60. The molecule has 3 rings (SSSR count). The van der Waals surface area contributed by atoms with Gasteiger partial charge in [-0.3, -0.25) is 10.1 Å². The predicted molar refractivity (Wildman–Crippen MR) is 88.7 cm³/mol. The molecule has 0 unspecified atom stereocenters. The third-order valence-corrected chi connectivity index (χ3v) is 5.83. The van der Waals surface area contributed by atoms with Gasteiger partial charge >= 0.3 is 0 Å². The minimum atomic E-state index is -0.364. The zero-order valence-electron chi connectivity index (χ0n) is 12.1. The molecule has 0 amide bonds. The van der Waals surface area contributed by atoms with Crippen LogP contribution in [0.25, 0.3) is 0 Å². The van der Waals surface area contributed by atoms with Crippen molar-refractivity contribution in [1.82, 2.24) is 10.2 Å². The number of aromatic nitrogens is 2. The molecule has 1 atom stereocenters. The lowest BCUT2D eigenvalue weighted by molar-refractivity contribution is -0.384. The Hall–Kier alpha value is -1.67. The maximum absolute atomic E-state index is 10.9. The van der Waals surface area contributed by atoms with Crippen molar-refractivity contribution in [2.75, 3.05) is 18.0 Å². The van der Waals surface area contributed by atoms with Gasteiger partial charge in [-0.05, 0) is 25.3 Å². The molecule has 0 spiro atoms. The van der Waals surface area contributed by atoms with E-state index >= 15 is 0 Å². The Kier molecular flexibility index (Phi) is 4.58. The van der Waals surface area contributed by atoms with Crippen LogP contribution in [-0.4, -0.2) is 28.2 Å². The maximum Gasteiger partial charge on any atom is 0.269 e. The Labute approximate surface area is 136 Å². The topological polar surface area (TPSA) is 72.2 Å². The number of hydrogen-bond acceptors (Lipinski definition) is 7. The van der Waals surface area contributed by atoms with E-state index in [1.54, 1.807) is 35.2 Å². The number of nitro groups is 1. The Morgan fingerprint density at radius 2 is 2.14 bits per heavy atom. The summed E-state index contributed by atoms with van der Waals surface area (Å²) in [6.07, 6.45) is 2.43. The molecule has 0 aliphatic carbocycles. The van der Waals surface area contributed by atoms with Crippen molar-refractivity contribution >= 4 is 33.9 Å². The first-order valence-electron chi connectivity index (χ1n) is 7.13. The summed E-state index contributed by atoms with van der Waals surface area (Å²) in [4.78, 5) is 12.8. The van der Waals surface area contributed by atoms with Gasteiger partial charge in [-0.1, -0.05) is 35.2 Å². The van der Waals surface area contributed by atoms with Crippen molar-refractivity contribution < 1.29 is 4.92 Å². The fourth-order valence-electron chi connectivity index (χ4n) is 2.40. The summed E-state index contributed by atoms with van der Waals surface area (Å²) in [7, 11) is 0. The average Bonchev–Trinajstić information content (AvgIpc) is 3.18. The molecule has 1 saturated heterocycles. The molecule has 1 aliphatic rings. The fourth-order valence-corrected chi connectivity index (χ4v) is 4.55. The van der Waals surface area contributed by atoms with Gasteiger partial charge in [0, 0.05) is 30.5 Å². The average molecular weight is 336 g/mol. The van der Waals surface area contributed by atoms with Crippen molar-refractivity contribution in [2.45, 2.75) is 29.4 Å². The Morgan fingerprint density at radius 3 is 2.86 bits per heavy atom. The molecule has 22 heavy (non-hydrogen) atoms. The second-order valence-electron chi connectivity index (χ2n) is 5.16. The molecule has 0 bridgehead atoms. The molecule has 6 nitrogen and oxygen atoms in total. The van der Waals surface area contributed by atoms with E-state index < -0.39 is 0 Å². The van der Waals surface area contributed by atoms with Gasteiger partial charge in [-0.25, -0.2) is 0 Å². The van der Waals surface area contributed by atoms with Crippen LogP contribution < -0.4 is 4.90 Å². The van der Waals surface area contributed by atoms with Crippen molar-refractivity contribution in [3.05, 3.63) is 39.9 Å². The van der Waals surface area contributed by atoms with Gasteiger partial charge in [-0.15, -0.1) is 10.2 Å². The SMILES string of the molecule is C[C@H](Sc1nnc(N2CCCC2)s1)c1cccc([N+](=O)[O-])c1. The van der Waals surface area contributed by atoms with E-state index in [1.807, 2.05) is 13.0 Å². The minimum Gasteiger partial charge on any atom is -0.347 e. The molecule has 1 aromatic heterocycles. The van der Waals surface area contributed by atoms with Crippen LogP contribution in [0.3, 0.4) is 0 Å². The molecule has 116 valence electrons. The van der Waals surface area contributed by atoms with E-state index in [2.05, 4.69) is 15.1 Å². The van der Waals surface area contributed by atoms with Crippen LogP contribution in [0.5, 0.6) is 0 Å². The number of non-ortho nitro benzene ring substituents is 1. The number of nitro benzene ring substituents is 1. The number of thioether (sulfide) groups is 1. The smallest absolute Gasteiger partial charge is 0.269 e. The molecule has 1 fully saturated rings. The van der Waals surface area contributed by atoms with E-state index in [4.69, 9.17) is 0 Å². The van der Waals surface area contributed by atoms with Crippen molar-refractivity contribution in [1.29, 1.82) is 0 Å². The first-order valence-corrected chi connectivity index (χ1v) is 8.82. The zero-order valence-corrected chi connectivity index (χ0v) is 13.8. The van der Waals surface area contributed by atoms with Gasteiger partial charge in [0.2, 0.25) is 5.13 Å². The highest BCUT2D eigenvalue weighted by Crippen LogP contribution is 2.39. The Morgan fingerprint density at radius 1 is 1.36 bits per heavy atom.